The van der Waals surface area contributed by atoms with E-state index >= 15 is 0 Å². The van der Waals surface area contributed by atoms with Crippen LogP contribution in [0.15, 0.2) is 55.2 Å². The van der Waals surface area contributed by atoms with Crippen LogP contribution in [0.5, 0.6) is 0 Å². The molecule has 0 N–H and O–H groups in total. The molecule has 0 spiro atoms. The predicted molar refractivity (Wildman–Crippen MR) is 126 cm³/mol. The van der Waals surface area contributed by atoms with E-state index in [0.29, 0.717) is 5.92 Å². The highest BCUT2D eigenvalue weighted by Crippen LogP contribution is 2.34. The van der Waals surface area contributed by atoms with E-state index in [1.807, 2.05) is 33.8 Å². The fourth-order valence-corrected chi connectivity index (χ4v) is 3.10. The standard InChI is InChI=1S/C22H23N.2C2H6/c1-4-10-19-20-15-13-17(3)14-16-22(20)23(21(19)5-2)18-11-8-6-7-9-12-18;2*1-2/h4-8,10-17H,2,9H2,1,3H3;2*1-2H3/b10-4-;;. The molecule has 0 aliphatic heterocycles. The quantitative estimate of drug-likeness (QED) is 0.510. The lowest BCUT2D eigenvalue weighted by Crippen LogP contribution is -2.00. The highest BCUT2D eigenvalue weighted by molar-refractivity contribution is 5.84. The Labute approximate surface area is 166 Å². The highest BCUT2D eigenvalue weighted by Gasteiger charge is 2.19. The van der Waals surface area contributed by atoms with Crippen molar-refractivity contribution < 1.29 is 0 Å². The molecule has 2 aliphatic carbocycles. The Bertz CT molecular complexity index is 789. The van der Waals surface area contributed by atoms with Gasteiger partial charge in [0.05, 0.1) is 11.4 Å². The van der Waals surface area contributed by atoms with E-state index in [1.165, 1.54) is 22.5 Å². The molecule has 27 heavy (non-hydrogen) atoms. The highest BCUT2D eigenvalue weighted by atomic mass is 15.0. The van der Waals surface area contributed by atoms with Crippen LogP contribution in [0.25, 0.3) is 30.0 Å². The van der Waals surface area contributed by atoms with Crippen molar-refractivity contribution >= 4 is 30.0 Å². The molecule has 1 unspecified atom stereocenters. The first-order chi connectivity index (χ1) is 13.3. The molecule has 0 bridgehead atoms. The van der Waals surface area contributed by atoms with Crippen LogP contribution in [0.4, 0.5) is 0 Å². The minimum atomic E-state index is 0.446. The lowest BCUT2D eigenvalue weighted by Gasteiger charge is -2.11. The van der Waals surface area contributed by atoms with Crippen molar-refractivity contribution in [2.75, 3.05) is 0 Å². The van der Waals surface area contributed by atoms with Crippen molar-refractivity contribution in [1.29, 1.82) is 0 Å². The molecule has 0 fully saturated rings. The van der Waals surface area contributed by atoms with E-state index in [-0.39, 0.29) is 0 Å². The lowest BCUT2D eigenvalue weighted by atomic mass is 10.1. The van der Waals surface area contributed by atoms with Gasteiger partial charge in [-0.25, -0.2) is 0 Å². The molecule has 2 aliphatic rings. The third-order valence-corrected chi connectivity index (χ3v) is 4.21. The molecule has 1 aromatic rings. The third-order valence-electron chi connectivity index (χ3n) is 4.21. The van der Waals surface area contributed by atoms with Crippen LogP contribution in [0.3, 0.4) is 0 Å². The molecule has 0 saturated carbocycles. The molecule has 1 nitrogen and oxygen atoms in total. The second-order valence-electron chi connectivity index (χ2n) is 5.87. The largest absolute Gasteiger partial charge is 0.310 e. The van der Waals surface area contributed by atoms with E-state index in [1.54, 1.807) is 0 Å². The van der Waals surface area contributed by atoms with Gasteiger partial charge in [0.2, 0.25) is 0 Å². The van der Waals surface area contributed by atoms with Gasteiger partial charge in [-0.1, -0.05) is 95.9 Å². The molecular formula is C26H35N. The van der Waals surface area contributed by atoms with Crippen LogP contribution in [-0.4, -0.2) is 4.57 Å². The zero-order valence-corrected chi connectivity index (χ0v) is 17.9. The molecule has 144 valence electrons. The van der Waals surface area contributed by atoms with Gasteiger partial charge in [0.15, 0.2) is 0 Å². The molecule has 1 heterocycles. The van der Waals surface area contributed by atoms with Crippen LogP contribution in [0.1, 0.15) is 70.5 Å². The topological polar surface area (TPSA) is 4.93 Å². The van der Waals surface area contributed by atoms with Gasteiger partial charge in [0.1, 0.15) is 0 Å². The minimum absolute atomic E-state index is 0.446. The fraction of sp³-hybridized carbons (Fsp3) is 0.308. The summed E-state index contributed by atoms with van der Waals surface area (Å²) in [7, 11) is 0. The third kappa shape index (κ3) is 5.23. The molecular weight excluding hydrogens is 326 g/mol. The summed E-state index contributed by atoms with van der Waals surface area (Å²) in [5, 5.41) is 0. The average molecular weight is 362 g/mol. The maximum absolute atomic E-state index is 4.06. The van der Waals surface area contributed by atoms with Crippen molar-refractivity contribution in [2.24, 2.45) is 5.92 Å². The van der Waals surface area contributed by atoms with Gasteiger partial charge in [0.25, 0.3) is 0 Å². The Morgan fingerprint density at radius 2 is 1.74 bits per heavy atom. The summed E-state index contributed by atoms with van der Waals surface area (Å²) in [4.78, 5) is 0. The molecule has 0 radical (unpaired) electrons. The van der Waals surface area contributed by atoms with Crippen LogP contribution >= 0.6 is 0 Å². The van der Waals surface area contributed by atoms with Gasteiger partial charge < -0.3 is 4.57 Å². The van der Waals surface area contributed by atoms with Gasteiger partial charge in [-0.15, -0.1) is 0 Å². The molecule has 0 aromatic carbocycles. The molecule has 1 aromatic heterocycles. The first-order valence-corrected chi connectivity index (χ1v) is 10.2. The van der Waals surface area contributed by atoms with Crippen LogP contribution in [-0.2, 0) is 0 Å². The summed E-state index contributed by atoms with van der Waals surface area (Å²) in [5.41, 5.74) is 6.08. The monoisotopic (exact) mass is 361 g/mol. The SMILES string of the molecule is C=Cc1c(/C=C\C)c2c(n1C1=CCC=CC=C1)C=CC(C)C=C2.CC.CC. The molecule has 0 amide bonds. The maximum atomic E-state index is 4.06. The van der Waals surface area contributed by atoms with E-state index in [0.717, 1.165) is 12.1 Å². The maximum Gasteiger partial charge on any atom is 0.0537 e. The fourth-order valence-electron chi connectivity index (χ4n) is 3.10. The summed E-state index contributed by atoms with van der Waals surface area (Å²) in [5.74, 6) is 0.446. The molecule has 0 saturated heterocycles. The van der Waals surface area contributed by atoms with E-state index in [2.05, 4.69) is 91.8 Å². The second kappa shape index (κ2) is 12.0. The number of allylic oxidation sites excluding steroid dienone is 9. The van der Waals surface area contributed by atoms with Crippen molar-refractivity contribution in [3.8, 4) is 0 Å². The lowest BCUT2D eigenvalue weighted by molar-refractivity contribution is 0.952. The Morgan fingerprint density at radius 3 is 2.41 bits per heavy atom. The minimum Gasteiger partial charge on any atom is -0.310 e. The normalized spacial score (nSPS) is 17.1. The smallest absolute Gasteiger partial charge is 0.0537 e. The van der Waals surface area contributed by atoms with Crippen molar-refractivity contribution in [2.45, 2.75) is 48.0 Å². The summed E-state index contributed by atoms with van der Waals surface area (Å²) in [6.45, 7) is 16.3. The second-order valence-corrected chi connectivity index (χ2v) is 5.87. The van der Waals surface area contributed by atoms with Gasteiger partial charge in [-0.05, 0) is 37.5 Å². The number of nitrogens with zero attached hydrogens (tertiary/aromatic N) is 1. The van der Waals surface area contributed by atoms with E-state index in [9.17, 15) is 0 Å². The van der Waals surface area contributed by atoms with E-state index in [4.69, 9.17) is 0 Å². The Kier molecular flexibility index (Phi) is 9.96. The Morgan fingerprint density at radius 1 is 1.04 bits per heavy atom. The Balaban J connectivity index is 0.000000855. The van der Waals surface area contributed by atoms with E-state index < -0.39 is 0 Å². The van der Waals surface area contributed by atoms with Gasteiger partial charge in [-0.3, -0.25) is 0 Å². The summed E-state index contributed by atoms with van der Waals surface area (Å²) in [6.07, 6.45) is 27.0. The average Bonchev–Trinajstić information content (AvgIpc) is 2.93. The summed E-state index contributed by atoms with van der Waals surface area (Å²) < 4.78 is 2.32. The summed E-state index contributed by atoms with van der Waals surface area (Å²) >= 11 is 0. The van der Waals surface area contributed by atoms with Crippen LogP contribution in [0.2, 0.25) is 0 Å². The molecule has 3 rings (SSSR count). The van der Waals surface area contributed by atoms with Crippen molar-refractivity contribution in [3.05, 3.63) is 77.7 Å². The number of rotatable bonds is 3. The number of fused-ring (bicyclic) bond motifs is 1. The molecule has 1 heteroatoms. The first-order valence-electron chi connectivity index (χ1n) is 10.2. The summed E-state index contributed by atoms with van der Waals surface area (Å²) in [6, 6.07) is 0. The van der Waals surface area contributed by atoms with Crippen molar-refractivity contribution in [1.82, 2.24) is 4.57 Å². The van der Waals surface area contributed by atoms with Gasteiger partial charge in [-0.2, -0.15) is 0 Å². The molecule has 1 atom stereocenters. The number of hydrogen-bond acceptors (Lipinski definition) is 0. The van der Waals surface area contributed by atoms with Crippen LogP contribution in [0, 0.1) is 5.92 Å². The van der Waals surface area contributed by atoms with Gasteiger partial charge >= 0.3 is 0 Å². The predicted octanol–water partition coefficient (Wildman–Crippen LogP) is 8.25. The number of hydrogen-bond donors (Lipinski definition) is 0. The number of aromatic nitrogens is 1. The van der Waals surface area contributed by atoms with Gasteiger partial charge in [0, 0.05) is 16.8 Å². The Hall–Kier alpha value is -2.54. The zero-order valence-electron chi connectivity index (χ0n) is 17.9. The van der Waals surface area contributed by atoms with Crippen molar-refractivity contribution in [3.63, 3.8) is 0 Å². The zero-order chi connectivity index (χ0) is 20.2. The first kappa shape index (κ1) is 22.5. The van der Waals surface area contributed by atoms with Crippen LogP contribution < -0.4 is 0 Å².